The summed E-state index contributed by atoms with van der Waals surface area (Å²) < 4.78 is 42.7. The summed E-state index contributed by atoms with van der Waals surface area (Å²) in [6, 6.07) is 14.3. The maximum Gasteiger partial charge on any atom is 0.413 e. The molecule has 1 saturated carbocycles. The molecule has 1 aliphatic carbocycles. The lowest BCUT2D eigenvalue weighted by atomic mass is 9.96. The molecule has 1 unspecified atom stereocenters. The topological polar surface area (TPSA) is 104 Å². The number of halogens is 4. The highest BCUT2D eigenvalue weighted by atomic mass is 35.5. The van der Waals surface area contributed by atoms with Crippen molar-refractivity contribution in [1.29, 1.82) is 5.26 Å². The molecular weight excluding hydrogens is 577 g/mol. The third kappa shape index (κ3) is 5.31. The molecule has 6 rings (SSSR count). The molecule has 1 fully saturated rings. The molecule has 5 aromatic rings. The predicted molar refractivity (Wildman–Crippen MR) is 160 cm³/mol. The second kappa shape index (κ2) is 10.4. The fourth-order valence-corrected chi connectivity index (χ4v) is 5.48. The third-order valence-corrected chi connectivity index (χ3v) is 7.93. The minimum absolute atomic E-state index is 0.0472. The normalized spacial score (nSPS) is 15.3. The Morgan fingerprint density at radius 2 is 1.88 bits per heavy atom. The van der Waals surface area contributed by atoms with E-state index < -0.39 is 17.8 Å². The summed E-state index contributed by atoms with van der Waals surface area (Å²) in [4.78, 5) is 8.88. The molecular formula is C31H28ClF3N8. The molecule has 1 aliphatic rings. The number of anilines is 2. The summed E-state index contributed by atoms with van der Waals surface area (Å²) in [5.74, 6) is 0. The number of alkyl halides is 3. The fraction of sp³-hybridized carbons (Fsp3) is 0.323. The largest absolute Gasteiger partial charge is 0.413 e. The first-order valence-corrected chi connectivity index (χ1v) is 14.1. The van der Waals surface area contributed by atoms with Crippen LogP contribution in [0.3, 0.4) is 0 Å². The molecule has 2 N–H and O–H groups in total. The summed E-state index contributed by atoms with van der Waals surface area (Å²) >= 11 is 6.73. The van der Waals surface area contributed by atoms with Gasteiger partial charge in [0.1, 0.15) is 11.8 Å². The van der Waals surface area contributed by atoms with Gasteiger partial charge < -0.3 is 10.6 Å². The van der Waals surface area contributed by atoms with Crippen molar-refractivity contribution >= 4 is 44.8 Å². The maximum atomic E-state index is 13.9. The third-order valence-electron chi connectivity index (χ3n) is 7.64. The first-order chi connectivity index (χ1) is 20.4. The maximum absolute atomic E-state index is 13.9. The van der Waals surface area contributed by atoms with Crippen molar-refractivity contribution in [3.05, 3.63) is 82.9 Å². The van der Waals surface area contributed by atoms with Gasteiger partial charge in [-0.15, -0.1) is 5.10 Å². The molecule has 43 heavy (non-hydrogen) atoms. The van der Waals surface area contributed by atoms with Crippen LogP contribution in [-0.2, 0) is 5.54 Å². The minimum Gasteiger partial charge on any atom is -0.383 e. The summed E-state index contributed by atoms with van der Waals surface area (Å²) in [5.41, 5.74) is 1.71. The highest BCUT2D eigenvalue weighted by molar-refractivity contribution is 6.35. The minimum atomic E-state index is -4.45. The van der Waals surface area contributed by atoms with Crippen molar-refractivity contribution in [2.24, 2.45) is 5.41 Å². The lowest BCUT2D eigenvalue weighted by Crippen LogP contribution is -2.35. The van der Waals surface area contributed by atoms with E-state index in [1.807, 2.05) is 30.3 Å². The van der Waals surface area contributed by atoms with Crippen LogP contribution in [0.2, 0.25) is 5.02 Å². The zero-order valence-corrected chi connectivity index (χ0v) is 24.4. The quantitative estimate of drug-likeness (QED) is 0.197. The van der Waals surface area contributed by atoms with Crippen LogP contribution in [0.1, 0.15) is 56.5 Å². The number of aromatic nitrogens is 5. The van der Waals surface area contributed by atoms with Crippen molar-refractivity contribution in [3.63, 3.8) is 0 Å². The first kappa shape index (κ1) is 28.7. The molecule has 0 spiro atoms. The smallest absolute Gasteiger partial charge is 0.383 e. The van der Waals surface area contributed by atoms with E-state index in [9.17, 15) is 18.4 Å². The Kier molecular flexibility index (Phi) is 6.92. The molecule has 3 aromatic heterocycles. The summed E-state index contributed by atoms with van der Waals surface area (Å²) in [6.45, 7) is 6.83. The van der Waals surface area contributed by atoms with Crippen molar-refractivity contribution in [1.82, 2.24) is 25.0 Å². The molecule has 8 nitrogen and oxygen atoms in total. The van der Waals surface area contributed by atoms with Crippen LogP contribution in [0.5, 0.6) is 0 Å². The van der Waals surface area contributed by atoms with Crippen LogP contribution in [0.4, 0.5) is 24.5 Å². The number of benzene rings is 2. The molecule has 12 heteroatoms. The Hall–Kier alpha value is -4.43. The van der Waals surface area contributed by atoms with Gasteiger partial charge in [0.2, 0.25) is 0 Å². The molecule has 0 radical (unpaired) electrons. The summed E-state index contributed by atoms with van der Waals surface area (Å²) in [5, 5.41) is 26.6. The van der Waals surface area contributed by atoms with Crippen LogP contribution in [-0.4, -0.2) is 37.7 Å². The second-order valence-electron chi connectivity index (χ2n) is 12.0. The van der Waals surface area contributed by atoms with E-state index in [4.69, 9.17) is 11.6 Å². The first-order valence-electron chi connectivity index (χ1n) is 13.8. The van der Waals surface area contributed by atoms with Gasteiger partial charge in [0.05, 0.1) is 39.5 Å². The molecule has 0 aliphatic heterocycles. The van der Waals surface area contributed by atoms with E-state index in [0.717, 1.165) is 21.1 Å². The molecule has 0 bridgehead atoms. The zero-order chi connectivity index (χ0) is 30.6. The highest BCUT2D eigenvalue weighted by Crippen LogP contribution is 2.55. The Morgan fingerprint density at radius 3 is 2.58 bits per heavy atom. The molecule has 3 heterocycles. The number of hydrogen-bond donors (Lipinski definition) is 2. The van der Waals surface area contributed by atoms with Crippen molar-refractivity contribution in [3.8, 4) is 6.07 Å². The van der Waals surface area contributed by atoms with Gasteiger partial charge in [-0.25, -0.2) is 4.68 Å². The summed E-state index contributed by atoms with van der Waals surface area (Å²) in [6.07, 6.45) is -0.00647. The van der Waals surface area contributed by atoms with Crippen molar-refractivity contribution in [2.45, 2.75) is 51.4 Å². The number of hydrogen-bond acceptors (Lipinski definition) is 7. The number of fused-ring (bicyclic) bond motifs is 2. The van der Waals surface area contributed by atoms with Crippen LogP contribution < -0.4 is 10.6 Å². The number of nitriles is 1. The Labute approximate surface area is 250 Å². The second-order valence-corrected chi connectivity index (χ2v) is 12.4. The lowest BCUT2D eigenvalue weighted by molar-refractivity contribution is -0.182. The Balaban J connectivity index is 1.49. The van der Waals surface area contributed by atoms with Crippen LogP contribution in [0, 0.1) is 16.7 Å². The Morgan fingerprint density at radius 1 is 1.09 bits per heavy atom. The average molecular weight is 605 g/mol. The van der Waals surface area contributed by atoms with Crippen LogP contribution in [0.25, 0.3) is 21.8 Å². The van der Waals surface area contributed by atoms with E-state index in [2.05, 4.69) is 57.8 Å². The van der Waals surface area contributed by atoms with Gasteiger partial charge >= 0.3 is 6.18 Å². The lowest BCUT2D eigenvalue weighted by Gasteiger charge is -2.23. The van der Waals surface area contributed by atoms with Gasteiger partial charge in [-0.05, 0) is 48.1 Å². The molecule has 220 valence electrons. The van der Waals surface area contributed by atoms with E-state index in [-0.39, 0.29) is 18.3 Å². The highest BCUT2D eigenvalue weighted by Gasteiger charge is 2.66. The SMILES string of the molecule is CC(C)(C)CNc1c(C#N)cnc2c(Cl)cc(NC(c3cn(C4(C(F)(F)F)CC4)nn3)c3cccc4ncccc34)cc12. The number of pyridine rings is 2. The molecule has 0 amide bonds. The molecule has 0 saturated heterocycles. The van der Waals surface area contributed by atoms with Gasteiger partial charge in [-0.1, -0.05) is 55.8 Å². The number of nitrogens with one attached hydrogen (secondary N) is 2. The predicted octanol–water partition coefficient (Wildman–Crippen LogP) is 7.61. The van der Waals surface area contributed by atoms with Gasteiger partial charge in [0, 0.05) is 35.4 Å². The van der Waals surface area contributed by atoms with E-state index >= 15 is 0 Å². The average Bonchev–Trinajstić information content (AvgIpc) is 3.65. The monoisotopic (exact) mass is 604 g/mol. The molecule has 1 atom stereocenters. The number of nitrogens with zero attached hydrogens (tertiary/aromatic N) is 6. The molecule has 2 aromatic carbocycles. The van der Waals surface area contributed by atoms with Gasteiger partial charge in [0.25, 0.3) is 0 Å². The standard InChI is InChI=1S/C31H28ClF3N8/c1-29(2,3)17-39-26-18(14-36)15-38-27-22(26)12-19(13-23(27)32)40-28(21-6-4-8-24-20(21)7-5-11-37-24)25-16-43(42-41-25)30(9-10-30)31(33,34)35/h4-8,11-13,15-16,28,40H,9-10,17H2,1-3H3,(H,38,39). The van der Waals surface area contributed by atoms with E-state index in [1.54, 1.807) is 18.3 Å². The van der Waals surface area contributed by atoms with E-state index in [0.29, 0.717) is 45.1 Å². The van der Waals surface area contributed by atoms with Gasteiger partial charge in [0.15, 0.2) is 5.54 Å². The van der Waals surface area contributed by atoms with Crippen LogP contribution >= 0.6 is 11.6 Å². The van der Waals surface area contributed by atoms with Crippen LogP contribution in [0.15, 0.2) is 61.1 Å². The zero-order valence-electron chi connectivity index (χ0n) is 23.7. The van der Waals surface area contributed by atoms with Gasteiger partial charge in [-0.3, -0.25) is 9.97 Å². The number of rotatable bonds is 7. The van der Waals surface area contributed by atoms with Crippen molar-refractivity contribution in [2.75, 3.05) is 17.2 Å². The summed E-state index contributed by atoms with van der Waals surface area (Å²) in [7, 11) is 0. The Bertz CT molecular complexity index is 1880. The van der Waals surface area contributed by atoms with Gasteiger partial charge in [-0.2, -0.15) is 18.4 Å². The van der Waals surface area contributed by atoms with E-state index in [1.165, 1.54) is 12.4 Å². The fourth-order valence-electron chi connectivity index (χ4n) is 5.21. The van der Waals surface area contributed by atoms with Crippen molar-refractivity contribution < 1.29 is 13.2 Å².